The zero-order valence-corrected chi connectivity index (χ0v) is 16.2. The van der Waals surface area contributed by atoms with Gasteiger partial charge in [-0.3, -0.25) is 0 Å². The van der Waals surface area contributed by atoms with Crippen LogP contribution in [-0.4, -0.2) is 29.2 Å². The van der Waals surface area contributed by atoms with Gasteiger partial charge in [0.2, 0.25) is 5.28 Å². The Morgan fingerprint density at radius 2 is 2.12 bits per heavy atom. The van der Waals surface area contributed by atoms with E-state index in [1.807, 2.05) is 37.3 Å². The number of nitrogens with one attached hydrogen (secondary N) is 2. The molecule has 0 aliphatic carbocycles. The Hall–Kier alpha value is -1.86. The van der Waals surface area contributed by atoms with Crippen molar-refractivity contribution in [1.29, 1.82) is 0 Å². The first kappa shape index (κ1) is 19.5. The molecule has 6 nitrogen and oxygen atoms in total. The lowest BCUT2D eigenvalue weighted by Crippen LogP contribution is -2.32. The van der Waals surface area contributed by atoms with Crippen LogP contribution in [0.15, 0.2) is 41.0 Å². The van der Waals surface area contributed by atoms with Crippen LogP contribution in [0.5, 0.6) is 0 Å². The first-order valence-electron chi connectivity index (χ1n) is 8.00. The molecule has 25 heavy (non-hydrogen) atoms. The zero-order valence-electron chi connectivity index (χ0n) is 13.8. The highest BCUT2D eigenvalue weighted by Crippen LogP contribution is 2.25. The summed E-state index contributed by atoms with van der Waals surface area (Å²) >= 11 is 9.27. The lowest BCUT2D eigenvalue weighted by molar-refractivity contribution is 0.144. The first-order valence-corrected chi connectivity index (χ1v) is 9.17. The Morgan fingerprint density at radius 3 is 2.84 bits per heavy atom. The van der Waals surface area contributed by atoms with Crippen molar-refractivity contribution in [3.05, 3.63) is 51.8 Å². The second-order valence-corrected chi connectivity index (χ2v) is 6.51. The van der Waals surface area contributed by atoms with Crippen molar-refractivity contribution in [3.8, 4) is 0 Å². The monoisotopic (exact) mass is 426 g/mol. The van der Waals surface area contributed by atoms with Crippen LogP contribution in [0.3, 0.4) is 0 Å². The molecule has 0 saturated heterocycles. The van der Waals surface area contributed by atoms with Crippen LogP contribution >= 0.6 is 27.5 Å². The molecule has 1 amide bonds. The third-order valence-corrected chi connectivity index (χ3v) is 4.17. The number of carbonyl (C=O) groups is 1. The number of carbonyl (C=O) groups excluding carboxylic acids is 1. The highest BCUT2D eigenvalue weighted by Gasteiger charge is 2.16. The molecular formula is C17H20BrClN4O2. The van der Waals surface area contributed by atoms with Crippen LogP contribution in [0.1, 0.15) is 31.4 Å². The SMILES string of the molecule is CCCCOC(=O)NC[C@@H](Nc1nc(Cl)ncc1Br)c1ccccc1. The number of alkyl carbamates (subject to hydrolysis) is 1. The van der Waals surface area contributed by atoms with Gasteiger partial charge in [-0.05, 0) is 39.5 Å². The number of aromatic nitrogens is 2. The molecule has 0 aliphatic heterocycles. The maximum absolute atomic E-state index is 11.8. The number of rotatable bonds is 8. The molecule has 0 spiro atoms. The first-order chi connectivity index (χ1) is 12.1. The van der Waals surface area contributed by atoms with Gasteiger partial charge in [-0.15, -0.1) is 0 Å². The summed E-state index contributed by atoms with van der Waals surface area (Å²) in [6.45, 7) is 2.79. The van der Waals surface area contributed by atoms with Crippen LogP contribution in [0.2, 0.25) is 5.28 Å². The predicted molar refractivity (Wildman–Crippen MR) is 102 cm³/mol. The number of hydrogen-bond donors (Lipinski definition) is 2. The maximum Gasteiger partial charge on any atom is 0.407 e. The summed E-state index contributed by atoms with van der Waals surface area (Å²) in [5, 5.41) is 6.20. The third kappa shape index (κ3) is 6.51. The molecule has 0 saturated carbocycles. The summed E-state index contributed by atoms with van der Waals surface area (Å²) in [5.74, 6) is 0.551. The number of halogens is 2. The lowest BCUT2D eigenvalue weighted by atomic mass is 10.1. The molecule has 1 aromatic carbocycles. The van der Waals surface area contributed by atoms with Crippen LogP contribution in [-0.2, 0) is 4.74 Å². The number of unbranched alkanes of at least 4 members (excludes halogenated alkanes) is 1. The molecule has 0 radical (unpaired) electrons. The summed E-state index contributed by atoms with van der Waals surface area (Å²) in [6.07, 6.45) is 2.96. The van der Waals surface area contributed by atoms with E-state index < -0.39 is 6.09 Å². The average Bonchev–Trinajstić information content (AvgIpc) is 2.62. The van der Waals surface area contributed by atoms with Crippen LogP contribution in [0.4, 0.5) is 10.6 Å². The number of anilines is 1. The van der Waals surface area contributed by atoms with Gasteiger partial charge in [0, 0.05) is 12.7 Å². The molecule has 0 aliphatic rings. The summed E-state index contributed by atoms with van der Waals surface area (Å²) in [5.41, 5.74) is 0.998. The van der Waals surface area contributed by atoms with E-state index in [-0.39, 0.29) is 11.3 Å². The molecule has 0 fully saturated rings. The molecule has 2 aromatic rings. The van der Waals surface area contributed by atoms with E-state index in [2.05, 4.69) is 36.5 Å². The maximum atomic E-state index is 11.8. The molecule has 1 heterocycles. The van der Waals surface area contributed by atoms with Crippen molar-refractivity contribution in [2.75, 3.05) is 18.5 Å². The number of amides is 1. The van der Waals surface area contributed by atoms with Crippen LogP contribution in [0, 0.1) is 0 Å². The quantitative estimate of drug-likeness (QED) is 0.476. The minimum Gasteiger partial charge on any atom is -0.450 e. The van der Waals surface area contributed by atoms with Crippen molar-refractivity contribution in [3.63, 3.8) is 0 Å². The van der Waals surface area contributed by atoms with Crippen molar-refractivity contribution < 1.29 is 9.53 Å². The molecule has 0 unspecified atom stereocenters. The largest absolute Gasteiger partial charge is 0.450 e. The normalized spacial score (nSPS) is 11.6. The topological polar surface area (TPSA) is 76.1 Å². The van der Waals surface area contributed by atoms with Gasteiger partial charge in [0.05, 0.1) is 17.1 Å². The second-order valence-electron chi connectivity index (χ2n) is 5.31. The number of benzene rings is 1. The zero-order chi connectivity index (χ0) is 18.1. The van der Waals surface area contributed by atoms with E-state index in [1.54, 1.807) is 6.20 Å². The van der Waals surface area contributed by atoms with Gasteiger partial charge in [0.15, 0.2) is 0 Å². The van der Waals surface area contributed by atoms with Crippen molar-refractivity contribution in [2.45, 2.75) is 25.8 Å². The fraction of sp³-hybridized carbons (Fsp3) is 0.353. The fourth-order valence-corrected chi connectivity index (χ4v) is 2.53. The highest BCUT2D eigenvalue weighted by molar-refractivity contribution is 9.10. The van der Waals surface area contributed by atoms with Gasteiger partial charge in [-0.1, -0.05) is 43.7 Å². The molecule has 1 aromatic heterocycles. The van der Waals surface area contributed by atoms with Gasteiger partial charge in [-0.25, -0.2) is 9.78 Å². The van der Waals surface area contributed by atoms with Gasteiger partial charge >= 0.3 is 6.09 Å². The molecule has 8 heteroatoms. The summed E-state index contributed by atoms with van der Waals surface area (Å²) in [6, 6.07) is 9.54. The van der Waals surface area contributed by atoms with Gasteiger partial charge < -0.3 is 15.4 Å². The van der Waals surface area contributed by atoms with E-state index in [9.17, 15) is 4.79 Å². The third-order valence-electron chi connectivity index (χ3n) is 3.41. The van der Waals surface area contributed by atoms with E-state index in [1.165, 1.54) is 0 Å². The Balaban J connectivity index is 2.06. The van der Waals surface area contributed by atoms with Crippen LogP contribution < -0.4 is 10.6 Å². The molecular weight excluding hydrogens is 408 g/mol. The van der Waals surface area contributed by atoms with Gasteiger partial charge in [0.25, 0.3) is 0 Å². The molecule has 134 valence electrons. The summed E-state index contributed by atoms with van der Waals surface area (Å²) < 4.78 is 5.81. The Bertz CT molecular complexity index is 688. The Kier molecular flexibility index (Phi) is 7.94. The van der Waals surface area contributed by atoms with Crippen LogP contribution in [0.25, 0.3) is 0 Å². The standard InChI is InChI=1S/C17H20BrClN4O2/c1-2-3-9-25-17(24)21-11-14(12-7-5-4-6-8-12)22-15-13(18)10-20-16(19)23-15/h4-8,10,14H,2-3,9,11H2,1H3,(H,21,24)(H,20,22,23)/t14-/m1/s1. The lowest BCUT2D eigenvalue weighted by Gasteiger charge is -2.21. The fourth-order valence-electron chi connectivity index (χ4n) is 2.10. The Morgan fingerprint density at radius 1 is 1.36 bits per heavy atom. The number of hydrogen-bond acceptors (Lipinski definition) is 5. The molecule has 2 N–H and O–H groups in total. The van der Waals surface area contributed by atoms with Gasteiger partial charge in [0.1, 0.15) is 5.82 Å². The predicted octanol–water partition coefficient (Wildman–Crippen LogP) is 4.57. The van der Waals surface area contributed by atoms with Crippen molar-refractivity contribution in [1.82, 2.24) is 15.3 Å². The van der Waals surface area contributed by atoms with Crippen molar-refractivity contribution >= 4 is 39.4 Å². The van der Waals surface area contributed by atoms with E-state index in [0.717, 1.165) is 18.4 Å². The van der Waals surface area contributed by atoms with E-state index in [4.69, 9.17) is 16.3 Å². The summed E-state index contributed by atoms with van der Waals surface area (Å²) in [7, 11) is 0. The molecule has 2 rings (SSSR count). The summed E-state index contributed by atoms with van der Waals surface area (Å²) in [4.78, 5) is 19.9. The second kappa shape index (κ2) is 10.2. The molecule has 1 atom stereocenters. The highest BCUT2D eigenvalue weighted by atomic mass is 79.9. The minimum atomic E-state index is -0.434. The Labute approximate surface area is 160 Å². The smallest absolute Gasteiger partial charge is 0.407 e. The van der Waals surface area contributed by atoms with E-state index in [0.29, 0.717) is 23.4 Å². The molecule has 0 bridgehead atoms. The number of ether oxygens (including phenoxy) is 1. The van der Waals surface area contributed by atoms with Crippen molar-refractivity contribution in [2.24, 2.45) is 0 Å². The van der Waals surface area contributed by atoms with E-state index >= 15 is 0 Å². The van der Waals surface area contributed by atoms with Gasteiger partial charge in [-0.2, -0.15) is 4.98 Å². The number of nitrogens with zero attached hydrogens (tertiary/aromatic N) is 2. The minimum absolute atomic E-state index is 0.143. The average molecular weight is 428 g/mol.